The lowest BCUT2D eigenvalue weighted by atomic mass is 9.92. The minimum absolute atomic E-state index is 0.00388. The Labute approximate surface area is 175 Å². The quantitative estimate of drug-likeness (QED) is 0.600. The predicted octanol–water partition coefficient (Wildman–Crippen LogP) is 1.18. The van der Waals surface area contributed by atoms with Crippen molar-refractivity contribution in [3.05, 3.63) is 34.0 Å². The van der Waals surface area contributed by atoms with E-state index in [9.17, 15) is 19.5 Å². The van der Waals surface area contributed by atoms with Crippen LogP contribution >= 0.6 is 0 Å². The van der Waals surface area contributed by atoms with E-state index in [1.165, 1.54) is 6.07 Å². The number of nitrogens with zero attached hydrogens (tertiary/aromatic N) is 3. The Balaban J connectivity index is 1.86. The van der Waals surface area contributed by atoms with Gasteiger partial charge in [-0.2, -0.15) is 0 Å². The van der Waals surface area contributed by atoms with Crippen LogP contribution in [0.4, 0.5) is 0 Å². The standard InChI is InChI=1S/C21H20N4O6/c1-21(2)6-13-23-19-14(20(29)25(13)8-21)12(7-24(19)3-4-26)10-5-11(18(22)28)15(27)17-16(10)30-9-31-17/h4-5,7,27H,3,6,8-9H2,1-2H3,(H2,22,28). The van der Waals surface area contributed by atoms with Gasteiger partial charge >= 0.3 is 0 Å². The summed E-state index contributed by atoms with van der Waals surface area (Å²) in [5.74, 6) is -0.437. The molecule has 10 heteroatoms. The number of carbonyl (C=O) groups is 2. The van der Waals surface area contributed by atoms with Crippen LogP contribution < -0.4 is 20.8 Å². The molecule has 0 unspecified atom stereocenters. The van der Waals surface area contributed by atoms with Gasteiger partial charge in [-0.15, -0.1) is 0 Å². The van der Waals surface area contributed by atoms with Crippen LogP contribution in [0.1, 0.15) is 30.0 Å². The van der Waals surface area contributed by atoms with Crippen molar-refractivity contribution in [2.75, 3.05) is 6.79 Å². The number of carbonyl (C=O) groups excluding carboxylic acids is 2. The van der Waals surface area contributed by atoms with Crippen molar-refractivity contribution >= 4 is 23.2 Å². The molecule has 2 aliphatic heterocycles. The molecule has 3 aromatic rings. The van der Waals surface area contributed by atoms with Gasteiger partial charge in [-0.1, -0.05) is 13.8 Å². The molecular formula is C21H20N4O6. The van der Waals surface area contributed by atoms with Crippen LogP contribution in [0.15, 0.2) is 17.1 Å². The first kappa shape index (κ1) is 19.2. The smallest absolute Gasteiger partial charge is 0.263 e. The molecular weight excluding hydrogens is 404 g/mol. The molecule has 0 fully saturated rings. The Kier molecular flexibility index (Phi) is 3.92. The number of fused-ring (bicyclic) bond motifs is 3. The lowest BCUT2D eigenvalue weighted by Crippen LogP contribution is -2.23. The summed E-state index contributed by atoms with van der Waals surface area (Å²) < 4.78 is 14.1. The second-order valence-electron chi connectivity index (χ2n) is 8.57. The van der Waals surface area contributed by atoms with Crippen molar-refractivity contribution < 1.29 is 24.2 Å². The molecule has 0 aliphatic carbocycles. The molecule has 5 rings (SSSR count). The summed E-state index contributed by atoms with van der Waals surface area (Å²) in [5.41, 5.74) is 6.04. The maximum atomic E-state index is 13.5. The maximum Gasteiger partial charge on any atom is 0.263 e. The van der Waals surface area contributed by atoms with Crippen molar-refractivity contribution in [3.8, 4) is 28.4 Å². The van der Waals surface area contributed by atoms with E-state index in [0.29, 0.717) is 41.0 Å². The monoisotopic (exact) mass is 424 g/mol. The topological polar surface area (TPSA) is 139 Å². The van der Waals surface area contributed by atoms with E-state index in [1.807, 2.05) is 0 Å². The van der Waals surface area contributed by atoms with Crippen molar-refractivity contribution in [1.82, 2.24) is 14.1 Å². The summed E-state index contributed by atoms with van der Waals surface area (Å²) in [6, 6.07) is 1.37. The number of aldehydes is 1. The molecule has 160 valence electrons. The molecule has 3 N–H and O–H groups in total. The Bertz CT molecular complexity index is 1350. The lowest BCUT2D eigenvalue weighted by molar-refractivity contribution is -0.108. The normalized spacial score (nSPS) is 15.9. The van der Waals surface area contributed by atoms with Crippen LogP contribution in [0.5, 0.6) is 17.2 Å². The molecule has 1 aromatic carbocycles. The van der Waals surface area contributed by atoms with Gasteiger partial charge in [0.2, 0.25) is 12.5 Å². The zero-order valence-corrected chi connectivity index (χ0v) is 17.0. The van der Waals surface area contributed by atoms with E-state index in [0.717, 1.165) is 6.29 Å². The number of ether oxygens (including phenoxy) is 2. The van der Waals surface area contributed by atoms with Gasteiger partial charge in [0, 0.05) is 30.3 Å². The van der Waals surface area contributed by atoms with Gasteiger partial charge in [-0.05, 0) is 11.5 Å². The lowest BCUT2D eigenvalue weighted by Gasteiger charge is -2.13. The summed E-state index contributed by atoms with van der Waals surface area (Å²) in [7, 11) is 0. The van der Waals surface area contributed by atoms with Crippen LogP contribution in [-0.2, 0) is 24.3 Å². The van der Waals surface area contributed by atoms with Gasteiger partial charge in [-0.25, -0.2) is 4.98 Å². The SMILES string of the molecule is CC1(C)Cc2nc3c(c(-c4cc(C(N)=O)c(O)c5c4OCO5)cn3CC=O)c(=O)n2C1. The van der Waals surface area contributed by atoms with Gasteiger partial charge in [0.15, 0.2) is 11.5 Å². The highest BCUT2D eigenvalue weighted by Gasteiger charge is 2.34. The van der Waals surface area contributed by atoms with Crippen molar-refractivity contribution in [1.29, 1.82) is 0 Å². The Morgan fingerprint density at radius 2 is 2.06 bits per heavy atom. The van der Waals surface area contributed by atoms with Crippen molar-refractivity contribution in [2.45, 2.75) is 33.4 Å². The third-order valence-corrected chi connectivity index (χ3v) is 5.72. The fourth-order valence-corrected chi connectivity index (χ4v) is 4.39. The van der Waals surface area contributed by atoms with Gasteiger partial charge in [0.25, 0.3) is 11.5 Å². The number of nitrogens with two attached hydrogens (primary N) is 1. The maximum absolute atomic E-state index is 13.5. The van der Waals surface area contributed by atoms with Gasteiger partial charge in [0.1, 0.15) is 17.8 Å². The molecule has 2 aromatic heterocycles. The number of aromatic nitrogens is 3. The summed E-state index contributed by atoms with van der Waals surface area (Å²) in [6.45, 7) is 4.47. The highest BCUT2D eigenvalue weighted by atomic mass is 16.7. The molecule has 10 nitrogen and oxygen atoms in total. The van der Waals surface area contributed by atoms with Crippen LogP contribution in [0.3, 0.4) is 0 Å². The van der Waals surface area contributed by atoms with Crippen molar-refractivity contribution in [2.24, 2.45) is 11.1 Å². The Morgan fingerprint density at radius 3 is 2.77 bits per heavy atom. The molecule has 0 bridgehead atoms. The highest BCUT2D eigenvalue weighted by molar-refractivity contribution is 6.03. The fourth-order valence-electron chi connectivity index (χ4n) is 4.39. The first-order valence-corrected chi connectivity index (χ1v) is 9.74. The number of hydrogen-bond donors (Lipinski definition) is 2. The molecule has 0 radical (unpaired) electrons. The number of primary amides is 1. The molecule has 0 saturated heterocycles. The number of phenols is 1. The van der Waals surface area contributed by atoms with Crippen LogP contribution in [0.2, 0.25) is 0 Å². The number of hydrogen-bond acceptors (Lipinski definition) is 7. The van der Waals surface area contributed by atoms with E-state index in [2.05, 4.69) is 13.8 Å². The van der Waals surface area contributed by atoms with E-state index >= 15 is 0 Å². The zero-order chi connectivity index (χ0) is 22.1. The molecule has 2 aliphatic rings. The summed E-state index contributed by atoms with van der Waals surface area (Å²) in [4.78, 5) is 41.4. The van der Waals surface area contributed by atoms with E-state index < -0.39 is 11.7 Å². The third-order valence-electron chi connectivity index (χ3n) is 5.72. The fraction of sp³-hybridized carbons (Fsp3) is 0.333. The predicted molar refractivity (Wildman–Crippen MR) is 109 cm³/mol. The van der Waals surface area contributed by atoms with Crippen LogP contribution in [0, 0.1) is 5.41 Å². The Hall–Kier alpha value is -3.82. The van der Waals surface area contributed by atoms with Crippen LogP contribution in [-0.4, -0.2) is 38.2 Å². The number of benzene rings is 1. The number of rotatable bonds is 4. The first-order chi connectivity index (χ1) is 14.7. The van der Waals surface area contributed by atoms with Gasteiger partial charge in [-0.3, -0.25) is 14.2 Å². The molecule has 0 spiro atoms. The molecule has 0 saturated carbocycles. The average Bonchev–Trinajstić information content (AvgIpc) is 3.38. The second-order valence-corrected chi connectivity index (χ2v) is 8.57. The van der Waals surface area contributed by atoms with Gasteiger partial charge in [0.05, 0.1) is 17.5 Å². The molecule has 31 heavy (non-hydrogen) atoms. The number of aromatic hydroxyl groups is 1. The summed E-state index contributed by atoms with van der Waals surface area (Å²) in [6.07, 6.45) is 2.97. The highest BCUT2D eigenvalue weighted by Crippen LogP contribution is 2.50. The van der Waals surface area contributed by atoms with E-state index in [-0.39, 0.29) is 41.4 Å². The minimum atomic E-state index is -0.855. The summed E-state index contributed by atoms with van der Waals surface area (Å²) in [5, 5.41) is 10.7. The molecule has 0 atom stereocenters. The molecule has 4 heterocycles. The van der Waals surface area contributed by atoms with E-state index in [4.69, 9.17) is 20.2 Å². The zero-order valence-electron chi connectivity index (χ0n) is 17.0. The van der Waals surface area contributed by atoms with Crippen molar-refractivity contribution in [3.63, 3.8) is 0 Å². The Morgan fingerprint density at radius 1 is 1.32 bits per heavy atom. The van der Waals surface area contributed by atoms with Crippen LogP contribution in [0.25, 0.3) is 22.2 Å². The number of amides is 1. The average molecular weight is 424 g/mol. The second kappa shape index (κ2) is 6.34. The first-order valence-electron chi connectivity index (χ1n) is 9.74. The largest absolute Gasteiger partial charge is 0.504 e. The van der Waals surface area contributed by atoms with E-state index in [1.54, 1.807) is 15.3 Å². The summed E-state index contributed by atoms with van der Waals surface area (Å²) >= 11 is 0. The minimum Gasteiger partial charge on any atom is -0.504 e. The van der Waals surface area contributed by atoms with Gasteiger partial charge < -0.3 is 29.7 Å². The molecule has 1 amide bonds. The third kappa shape index (κ3) is 2.71.